The monoisotopic (exact) mass is 267 g/mol. The smallest absolute Gasteiger partial charge is 0.211 e. The third kappa shape index (κ3) is 5.02. The number of nitrogens with one attached hydrogen (secondary N) is 1. The van der Waals surface area contributed by atoms with Crippen molar-refractivity contribution in [2.75, 3.05) is 11.6 Å². The lowest BCUT2D eigenvalue weighted by Gasteiger charge is -2.34. The first-order valence-corrected chi connectivity index (χ1v) is 8.09. The minimum atomic E-state index is -3.12. The van der Waals surface area contributed by atoms with E-state index in [0.717, 1.165) is 25.7 Å². The van der Waals surface area contributed by atoms with Gasteiger partial charge in [-0.3, -0.25) is 0 Å². The van der Waals surface area contributed by atoms with E-state index in [1.54, 1.807) is 0 Å². The lowest BCUT2D eigenvalue weighted by atomic mass is 9.76. The molecule has 0 radical (unpaired) electrons. The minimum Gasteiger partial charge on any atom is -0.212 e. The molecule has 0 atom stereocenters. The molecule has 0 aromatic heterocycles. The summed E-state index contributed by atoms with van der Waals surface area (Å²) < 4.78 is 26.1. The molecular formula is C11H22ClNO2S. The molecule has 1 rings (SSSR count). The number of halogens is 1. The van der Waals surface area contributed by atoms with E-state index in [1.807, 2.05) is 0 Å². The molecule has 1 aliphatic rings. The Balaban J connectivity index is 2.38. The Morgan fingerprint density at radius 1 is 1.31 bits per heavy atom. The van der Waals surface area contributed by atoms with Gasteiger partial charge in [0.2, 0.25) is 10.0 Å². The zero-order valence-electron chi connectivity index (χ0n) is 10.1. The molecule has 1 N–H and O–H groups in total. The predicted molar refractivity (Wildman–Crippen MR) is 68.3 cm³/mol. The fourth-order valence-electron chi connectivity index (χ4n) is 2.07. The van der Waals surface area contributed by atoms with Gasteiger partial charge in [0.05, 0.1) is 5.75 Å². The Bertz CT molecular complexity index is 304. The summed E-state index contributed by atoms with van der Waals surface area (Å²) in [5, 5.41) is 0. The van der Waals surface area contributed by atoms with Gasteiger partial charge in [-0.15, -0.1) is 11.6 Å². The van der Waals surface area contributed by atoms with Crippen molar-refractivity contribution in [2.24, 2.45) is 5.41 Å². The first kappa shape index (κ1) is 14.3. The zero-order valence-corrected chi connectivity index (χ0v) is 11.7. The quantitative estimate of drug-likeness (QED) is 0.778. The van der Waals surface area contributed by atoms with Crippen LogP contribution in [0.4, 0.5) is 0 Å². The second kappa shape index (κ2) is 5.69. The summed E-state index contributed by atoms with van der Waals surface area (Å²) in [5.74, 6) is 0.551. The van der Waals surface area contributed by atoms with Gasteiger partial charge in [-0.2, -0.15) is 0 Å². The third-order valence-electron chi connectivity index (χ3n) is 3.23. The molecule has 96 valence electrons. The van der Waals surface area contributed by atoms with Crippen molar-refractivity contribution in [2.45, 2.75) is 52.0 Å². The molecular weight excluding hydrogens is 246 g/mol. The average Bonchev–Trinajstić information content (AvgIpc) is 2.18. The second-order valence-corrected chi connectivity index (χ2v) is 7.67. The Labute approximate surface area is 104 Å². The molecule has 0 saturated heterocycles. The number of alkyl halides is 1. The summed E-state index contributed by atoms with van der Waals surface area (Å²) in [6.45, 7) is 4.48. The number of hydrogen-bond donors (Lipinski definition) is 1. The van der Waals surface area contributed by atoms with Crippen molar-refractivity contribution in [3.05, 3.63) is 0 Å². The van der Waals surface area contributed by atoms with Crippen LogP contribution in [0, 0.1) is 5.41 Å². The van der Waals surface area contributed by atoms with Crippen molar-refractivity contribution in [1.82, 2.24) is 4.72 Å². The van der Waals surface area contributed by atoms with E-state index in [-0.39, 0.29) is 11.8 Å². The molecule has 16 heavy (non-hydrogen) atoms. The van der Waals surface area contributed by atoms with Gasteiger partial charge in [0.25, 0.3) is 0 Å². The van der Waals surface area contributed by atoms with Crippen molar-refractivity contribution < 1.29 is 8.42 Å². The molecule has 0 unspecified atom stereocenters. The van der Waals surface area contributed by atoms with Crippen LogP contribution in [-0.2, 0) is 10.0 Å². The standard InChI is InChI=1S/C11H22ClNO2S/c1-11(2)6-4-10(5-7-11)13-16(14,15)9-3-8-12/h10,13H,3-9H2,1-2H3. The fourth-order valence-corrected chi connectivity index (χ4v) is 3.75. The van der Waals surface area contributed by atoms with Gasteiger partial charge in [0.15, 0.2) is 0 Å². The maximum absolute atomic E-state index is 11.6. The summed E-state index contributed by atoms with van der Waals surface area (Å²) >= 11 is 5.50. The lowest BCUT2D eigenvalue weighted by Crippen LogP contribution is -2.40. The van der Waals surface area contributed by atoms with E-state index < -0.39 is 10.0 Å². The van der Waals surface area contributed by atoms with E-state index in [2.05, 4.69) is 18.6 Å². The Morgan fingerprint density at radius 2 is 1.88 bits per heavy atom. The normalized spacial score (nSPS) is 22.2. The van der Waals surface area contributed by atoms with Crippen molar-refractivity contribution in [3.63, 3.8) is 0 Å². The summed E-state index contributed by atoms with van der Waals surface area (Å²) in [5.41, 5.74) is 0.373. The molecule has 0 bridgehead atoms. The highest BCUT2D eigenvalue weighted by atomic mass is 35.5. The molecule has 0 aromatic rings. The van der Waals surface area contributed by atoms with Crippen LogP contribution in [0.2, 0.25) is 0 Å². The molecule has 1 fully saturated rings. The number of sulfonamides is 1. The van der Waals surface area contributed by atoms with E-state index in [1.165, 1.54) is 0 Å². The lowest BCUT2D eigenvalue weighted by molar-refractivity contribution is 0.218. The van der Waals surface area contributed by atoms with Crippen LogP contribution in [0.5, 0.6) is 0 Å². The van der Waals surface area contributed by atoms with Crippen molar-refractivity contribution >= 4 is 21.6 Å². The van der Waals surface area contributed by atoms with Crippen LogP contribution in [0.25, 0.3) is 0 Å². The van der Waals surface area contributed by atoms with Gasteiger partial charge in [0.1, 0.15) is 0 Å². The van der Waals surface area contributed by atoms with Crippen LogP contribution >= 0.6 is 11.6 Å². The van der Waals surface area contributed by atoms with Crippen LogP contribution in [-0.4, -0.2) is 26.1 Å². The Hall–Kier alpha value is 0.200. The molecule has 0 heterocycles. The van der Waals surface area contributed by atoms with Crippen LogP contribution < -0.4 is 4.72 Å². The highest BCUT2D eigenvalue weighted by molar-refractivity contribution is 7.89. The van der Waals surface area contributed by atoms with E-state index in [9.17, 15) is 8.42 Å². The third-order valence-corrected chi connectivity index (χ3v) is 5.02. The van der Waals surface area contributed by atoms with E-state index in [4.69, 9.17) is 11.6 Å². The molecule has 5 heteroatoms. The highest BCUT2D eigenvalue weighted by Gasteiger charge is 2.28. The second-order valence-electron chi connectivity index (χ2n) is 5.42. The molecule has 0 amide bonds. The van der Waals surface area contributed by atoms with Crippen molar-refractivity contribution in [1.29, 1.82) is 0 Å². The van der Waals surface area contributed by atoms with Gasteiger partial charge in [-0.25, -0.2) is 13.1 Å². The van der Waals surface area contributed by atoms with Crippen molar-refractivity contribution in [3.8, 4) is 0 Å². The van der Waals surface area contributed by atoms with Crippen LogP contribution in [0.15, 0.2) is 0 Å². The average molecular weight is 268 g/mol. The summed E-state index contributed by atoms with van der Waals surface area (Å²) in [6, 6.07) is 0.133. The number of hydrogen-bond acceptors (Lipinski definition) is 2. The SMILES string of the molecule is CC1(C)CCC(NS(=O)(=O)CCCCl)CC1. The van der Waals surface area contributed by atoms with Gasteiger partial charge < -0.3 is 0 Å². The topological polar surface area (TPSA) is 46.2 Å². The molecule has 0 aliphatic heterocycles. The Kier molecular flexibility index (Phi) is 5.08. The maximum Gasteiger partial charge on any atom is 0.211 e. The van der Waals surface area contributed by atoms with Gasteiger partial charge in [0, 0.05) is 11.9 Å². The first-order chi connectivity index (χ1) is 7.35. The fraction of sp³-hybridized carbons (Fsp3) is 1.00. The molecule has 1 aliphatic carbocycles. The molecule has 3 nitrogen and oxygen atoms in total. The largest absolute Gasteiger partial charge is 0.212 e. The summed E-state index contributed by atoms with van der Waals surface area (Å²) in [7, 11) is -3.12. The van der Waals surface area contributed by atoms with E-state index in [0.29, 0.717) is 17.7 Å². The van der Waals surface area contributed by atoms with E-state index >= 15 is 0 Å². The zero-order chi connectivity index (χ0) is 12.2. The van der Waals surface area contributed by atoms with Gasteiger partial charge in [-0.05, 0) is 37.5 Å². The van der Waals surface area contributed by atoms with Crippen LogP contribution in [0.3, 0.4) is 0 Å². The molecule has 0 aromatic carbocycles. The number of rotatable bonds is 5. The maximum atomic E-state index is 11.6. The summed E-state index contributed by atoms with van der Waals surface area (Å²) in [6.07, 6.45) is 4.61. The summed E-state index contributed by atoms with van der Waals surface area (Å²) in [4.78, 5) is 0. The van der Waals surface area contributed by atoms with Gasteiger partial charge in [-0.1, -0.05) is 13.8 Å². The van der Waals surface area contributed by atoms with Gasteiger partial charge >= 0.3 is 0 Å². The predicted octanol–water partition coefficient (Wildman–Crippen LogP) is 2.50. The Morgan fingerprint density at radius 3 is 2.38 bits per heavy atom. The minimum absolute atomic E-state index is 0.133. The van der Waals surface area contributed by atoms with Crippen LogP contribution in [0.1, 0.15) is 46.0 Å². The highest BCUT2D eigenvalue weighted by Crippen LogP contribution is 2.35. The first-order valence-electron chi connectivity index (χ1n) is 5.91. The molecule has 1 saturated carbocycles. The molecule has 0 spiro atoms.